The van der Waals surface area contributed by atoms with Crippen LogP contribution in [0.3, 0.4) is 0 Å². The van der Waals surface area contributed by atoms with Gasteiger partial charge in [0.05, 0.1) is 0 Å². The molecule has 1 aliphatic heterocycles. The second-order valence-corrected chi connectivity index (χ2v) is 6.36. The molecule has 1 aliphatic rings. The molecule has 0 aromatic carbocycles. The summed E-state index contributed by atoms with van der Waals surface area (Å²) < 4.78 is 0. The third kappa shape index (κ3) is 8.57. The predicted molar refractivity (Wildman–Crippen MR) is 84.0 cm³/mol. The number of hydrogen-bond donors (Lipinski definition) is 1. The van der Waals surface area contributed by atoms with Gasteiger partial charge in [0.15, 0.2) is 0 Å². The van der Waals surface area contributed by atoms with Gasteiger partial charge in [-0.3, -0.25) is 4.79 Å². The highest BCUT2D eigenvalue weighted by Gasteiger charge is 2.20. The van der Waals surface area contributed by atoms with E-state index in [0.29, 0.717) is 12.3 Å². The van der Waals surface area contributed by atoms with Crippen LogP contribution >= 0.6 is 0 Å². The average Bonchev–Trinajstić information content (AvgIpc) is 2.43. The molecule has 3 heteroatoms. The lowest BCUT2D eigenvalue weighted by molar-refractivity contribution is -0.138. The Balaban J connectivity index is 1.90. The van der Waals surface area contributed by atoms with E-state index < -0.39 is 5.97 Å². The van der Waals surface area contributed by atoms with Crippen molar-refractivity contribution in [3.8, 4) is 0 Å². The highest BCUT2D eigenvalue weighted by Crippen LogP contribution is 2.20. The number of aliphatic carboxylic acids is 1. The van der Waals surface area contributed by atoms with Crippen molar-refractivity contribution in [3.63, 3.8) is 0 Å². The van der Waals surface area contributed by atoms with Crippen LogP contribution in [0.25, 0.3) is 0 Å². The fourth-order valence-electron chi connectivity index (χ4n) is 3.13. The number of hydrogen-bond acceptors (Lipinski definition) is 2. The van der Waals surface area contributed by atoms with Crippen LogP contribution in [0.5, 0.6) is 0 Å². The highest BCUT2D eigenvalue weighted by molar-refractivity contribution is 5.67. The molecule has 20 heavy (non-hydrogen) atoms. The first kappa shape index (κ1) is 17.5. The minimum absolute atomic E-state index is 0.367. The third-order valence-electron chi connectivity index (χ3n) is 4.50. The Morgan fingerprint density at radius 3 is 2.10 bits per heavy atom. The number of carbonyl (C=O) groups is 1. The van der Waals surface area contributed by atoms with Gasteiger partial charge in [0.25, 0.3) is 0 Å². The van der Waals surface area contributed by atoms with Crippen molar-refractivity contribution in [3.05, 3.63) is 0 Å². The number of unbranched alkanes of at least 4 members (excludes halogenated alkanes) is 7. The molecule has 1 saturated heterocycles. The molecule has 0 saturated carbocycles. The van der Waals surface area contributed by atoms with Crippen molar-refractivity contribution in [1.82, 2.24) is 4.90 Å². The molecular formula is C17H33NO2. The average molecular weight is 283 g/mol. The summed E-state index contributed by atoms with van der Waals surface area (Å²) in [4.78, 5) is 13.2. The number of nitrogens with zero attached hydrogens (tertiary/aromatic N) is 1. The predicted octanol–water partition coefficient (Wildman–Crippen LogP) is 4.31. The molecule has 1 heterocycles. The summed E-state index contributed by atoms with van der Waals surface area (Å²) in [5, 5.41) is 8.80. The van der Waals surface area contributed by atoms with Crippen LogP contribution in [0.15, 0.2) is 0 Å². The van der Waals surface area contributed by atoms with E-state index >= 15 is 0 Å². The van der Waals surface area contributed by atoms with Crippen LogP contribution in [0.4, 0.5) is 0 Å². The third-order valence-corrected chi connectivity index (χ3v) is 4.50. The molecule has 3 nitrogen and oxygen atoms in total. The Bertz CT molecular complexity index is 247. The lowest BCUT2D eigenvalue weighted by Gasteiger charge is -2.31. The van der Waals surface area contributed by atoms with E-state index in [1.165, 1.54) is 57.9 Å². The van der Waals surface area contributed by atoms with Gasteiger partial charge in [-0.2, -0.15) is 0 Å². The number of likely N-dealkylation sites (tertiary alicyclic amines) is 1. The topological polar surface area (TPSA) is 40.5 Å². The van der Waals surface area contributed by atoms with E-state index in [1.807, 2.05) is 0 Å². The fourth-order valence-corrected chi connectivity index (χ4v) is 3.13. The molecule has 0 aromatic heterocycles. The lowest BCUT2D eigenvalue weighted by Crippen LogP contribution is -2.35. The van der Waals surface area contributed by atoms with Crippen molar-refractivity contribution < 1.29 is 9.90 Å². The molecule has 1 N–H and O–H groups in total. The van der Waals surface area contributed by atoms with E-state index in [4.69, 9.17) is 5.11 Å². The Labute approximate surface area is 124 Å². The second kappa shape index (κ2) is 11.1. The first-order valence-corrected chi connectivity index (χ1v) is 8.66. The van der Waals surface area contributed by atoms with Gasteiger partial charge >= 0.3 is 5.97 Å². The lowest BCUT2D eigenvalue weighted by atomic mass is 9.93. The summed E-state index contributed by atoms with van der Waals surface area (Å²) in [5.74, 6) is -0.214. The van der Waals surface area contributed by atoms with E-state index in [9.17, 15) is 4.79 Å². The Morgan fingerprint density at radius 1 is 1.00 bits per heavy atom. The van der Waals surface area contributed by atoms with Crippen LogP contribution in [0, 0.1) is 5.92 Å². The van der Waals surface area contributed by atoms with Crippen LogP contribution in [0.2, 0.25) is 0 Å². The van der Waals surface area contributed by atoms with E-state index in [0.717, 1.165) is 25.9 Å². The maximum atomic E-state index is 10.7. The van der Waals surface area contributed by atoms with Crippen molar-refractivity contribution in [2.45, 2.75) is 77.6 Å². The summed E-state index contributed by atoms with van der Waals surface area (Å²) >= 11 is 0. The molecule has 1 rings (SSSR count). The summed E-state index contributed by atoms with van der Waals surface area (Å²) in [5.41, 5.74) is 0. The Hall–Kier alpha value is -0.570. The molecule has 0 aromatic rings. The molecule has 0 aliphatic carbocycles. The zero-order valence-electron chi connectivity index (χ0n) is 13.3. The summed E-state index contributed by atoms with van der Waals surface area (Å²) in [6.07, 6.45) is 13.5. The zero-order valence-corrected chi connectivity index (χ0v) is 13.3. The largest absolute Gasteiger partial charge is 0.481 e. The summed E-state index contributed by atoms with van der Waals surface area (Å²) in [7, 11) is 0. The van der Waals surface area contributed by atoms with Gasteiger partial charge in [0.2, 0.25) is 0 Å². The minimum atomic E-state index is -0.633. The van der Waals surface area contributed by atoms with Gasteiger partial charge in [0, 0.05) is 6.42 Å². The zero-order chi connectivity index (χ0) is 14.6. The SMILES string of the molecule is CCCCCCCCCCN1CCC(CC(=O)O)CC1. The van der Waals surface area contributed by atoms with E-state index in [-0.39, 0.29) is 0 Å². The van der Waals surface area contributed by atoms with Crippen LogP contribution in [0.1, 0.15) is 77.6 Å². The first-order valence-electron chi connectivity index (χ1n) is 8.66. The van der Waals surface area contributed by atoms with Crippen LogP contribution in [-0.2, 0) is 4.79 Å². The first-order chi connectivity index (χ1) is 9.72. The molecule has 0 radical (unpaired) electrons. The maximum absolute atomic E-state index is 10.7. The molecule has 0 unspecified atom stereocenters. The molecule has 0 atom stereocenters. The number of piperidine rings is 1. The second-order valence-electron chi connectivity index (χ2n) is 6.36. The monoisotopic (exact) mass is 283 g/mol. The maximum Gasteiger partial charge on any atom is 0.303 e. The molecule has 0 amide bonds. The summed E-state index contributed by atoms with van der Waals surface area (Å²) in [6.45, 7) is 5.69. The number of carboxylic acid groups (broad SMARTS) is 1. The van der Waals surface area contributed by atoms with Crippen molar-refractivity contribution in [2.75, 3.05) is 19.6 Å². The van der Waals surface area contributed by atoms with Gasteiger partial charge in [-0.15, -0.1) is 0 Å². The Kier molecular flexibility index (Phi) is 9.73. The van der Waals surface area contributed by atoms with Crippen molar-refractivity contribution >= 4 is 5.97 Å². The fraction of sp³-hybridized carbons (Fsp3) is 0.941. The summed E-state index contributed by atoms with van der Waals surface area (Å²) in [6, 6.07) is 0. The van der Waals surface area contributed by atoms with Crippen LogP contribution < -0.4 is 0 Å². The smallest absolute Gasteiger partial charge is 0.303 e. The molecule has 0 spiro atoms. The Morgan fingerprint density at radius 2 is 1.55 bits per heavy atom. The normalized spacial score (nSPS) is 17.4. The number of carboxylic acids is 1. The molecule has 118 valence electrons. The van der Waals surface area contributed by atoms with Gasteiger partial charge < -0.3 is 10.0 Å². The van der Waals surface area contributed by atoms with Gasteiger partial charge in [-0.05, 0) is 44.8 Å². The van der Waals surface area contributed by atoms with Crippen molar-refractivity contribution in [1.29, 1.82) is 0 Å². The quantitative estimate of drug-likeness (QED) is 0.574. The van der Waals surface area contributed by atoms with Gasteiger partial charge in [-0.25, -0.2) is 0 Å². The van der Waals surface area contributed by atoms with Crippen molar-refractivity contribution in [2.24, 2.45) is 5.92 Å². The highest BCUT2D eigenvalue weighted by atomic mass is 16.4. The standard InChI is InChI=1S/C17H33NO2/c1-2-3-4-5-6-7-8-9-12-18-13-10-16(11-14-18)15-17(19)20/h16H,2-15H2,1H3,(H,19,20). The number of rotatable bonds is 11. The van der Waals surface area contributed by atoms with E-state index in [1.54, 1.807) is 0 Å². The van der Waals surface area contributed by atoms with Gasteiger partial charge in [0.1, 0.15) is 0 Å². The van der Waals surface area contributed by atoms with Gasteiger partial charge in [-0.1, -0.05) is 51.9 Å². The molecule has 0 bridgehead atoms. The van der Waals surface area contributed by atoms with E-state index in [2.05, 4.69) is 11.8 Å². The van der Waals surface area contributed by atoms with Crippen LogP contribution in [-0.4, -0.2) is 35.6 Å². The molecular weight excluding hydrogens is 250 g/mol. The minimum Gasteiger partial charge on any atom is -0.481 e. The molecule has 1 fully saturated rings.